The monoisotopic (exact) mass is 354 g/mol. The van der Waals surface area contributed by atoms with E-state index in [9.17, 15) is 9.18 Å². The Morgan fingerprint density at radius 3 is 2.58 bits per heavy atom. The summed E-state index contributed by atoms with van der Waals surface area (Å²) in [6.07, 6.45) is 11.0. The molecule has 0 saturated heterocycles. The molecule has 2 N–H and O–H groups in total. The van der Waals surface area contributed by atoms with Gasteiger partial charge in [-0.2, -0.15) is 0 Å². The van der Waals surface area contributed by atoms with Crippen LogP contribution in [-0.4, -0.2) is 22.4 Å². The molecule has 2 aromatic rings. The standard InChI is InChI=1S/C20H23FN4O/c21-18-8-6-16(7-9-18)12-23-20-24-13-17(14-25-20)19(26)22-11-10-15-4-2-1-3-5-15/h4,6-9,13-14H,1-3,5,10-12H2,(H,22,26)(H,23,24,25). The summed E-state index contributed by atoms with van der Waals surface area (Å²) in [4.78, 5) is 20.5. The molecule has 1 aromatic heterocycles. The van der Waals surface area contributed by atoms with Crippen molar-refractivity contribution in [3.63, 3.8) is 0 Å². The second-order valence-electron chi connectivity index (χ2n) is 6.39. The van der Waals surface area contributed by atoms with Crippen LogP contribution in [0.5, 0.6) is 0 Å². The number of benzene rings is 1. The van der Waals surface area contributed by atoms with Gasteiger partial charge in [0.1, 0.15) is 5.82 Å². The number of nitrogens with zero attached hydrogens (tertiary/aromatic N) is 2. The van der Waals surface area contributed by atoms with Crippen LogP contribution in [0, 0.1) is 5.82 Å². The summed E-state index contributed by atoms with van der Waals surface area (Å²) in [6.45, 7) is 1.12. The van der Waals surface area contributed by atoms with Crippen LogP contribution in [-0.2, 0) is 6.54 Å². The van der Waals surface area contributed by atoms with Crippen molar-refractivity contribution in [2.45, 2.75) is 38.6 Å². The molecule has 0 atom stereocenters. The molecule has 3 rings (SSSR count). The van der Waals surface area contributed by atoms with Crippen molar-refractivity contribution < 1.29 is 9.18 Å². The van der Waals surface area contributed by atoms with Gasteiger partial charge >= 0.3 is 0 Å². The number of allylic oxidation sites excluding steroid dienone is 1. The van der Waals surface area contributed by atoms with E-state index in [1.165, 1.54) is 42.9 Å². The molecule has 1 aromatic carbocycles. The molecule has 136 valence electrons. The number of hydrogen-bond donors (Lipinski definition) is 2. The van der Waals surface area contributed by atoms with E-state index in [0.717, 1.165) is 24.8 Å². The summed E-state index contributed by atoms with van der Waals surface area (Å²) < 4.78 is 12.9. The predicted octanol–water partition coefficient (Wildman–Crippen LogP) is 3.85. The van der Waals surface area contributed by atoms with Gasteiger partial charge in [0.25, 0.3) is 5.91 Å². The lowest BCUT2D eigenvalue weighted by Crippen LogP contribution is -2.25. The Kier molecular flexibility index (Phi) is 6.30. The van der Waals surface area contributed by atoms with Gasteiger partial charge in [-0.15, -0.1) is 0 Å². The molecule has 5 nitrogen and oxygen atoms in total. The molecule has 0 unspecified atom stereocenters. The lowest BCUT2D eigenvalue weighted by atomic mass is 9.97. The van der Waals surface area contributed by atoms with Crippen molar-refractivity contribution in [1.29, 1.82) is 0 Å². The fourth-order valence-electron chi connectivity index (χ4n) is 2.89. The van der Waals surface area contributed by atoms with Gasteiger partial charge in [0.05, 0.1) is 5.56 Å². The van der Waals surface area contributed by atoms with Crippen LogP contribution in [0.2, 0.25) is 0 Å². The molecular weight excluding hydrogens is 331 g/mol. The van der Waals surface area contributed by atoms with Crippen molar-refractivity contribution >= 4 is 11.9 Å². The second-order valence-corrected chi connectivity index (χ2v) is 6.39. The number of carbonyl (C=O) groups is 1. The predicted molar refractivity (Wildman–Crippen MR) is 99.3 cm³/mol. The molecule has 1 aliphatic rings. The van der Waals surface area contributed by atoms with Crippen LogP contribution in [0.15, 0.2) is 48.3 Å². The molecule has 1 aliphatic carbocycles. The Bertz CT molecular complexity index is 756. The van der Waals surface area contributed by atoms with Crippen LogP contribution in [0.25, 0.3) is 0 Å². The molecule has 0 fully saturated rings. The first-order valence-electron chi connectivity index (χ1n) is 8.97. The van der Waals surface area contributed by atoms with Crippen LogP contribution in [0.3, 0.4) is 0 Å². The number of hydrogen-bond acceptors (Lipinski definition) is 4. The fourth-order valence-corrected chi connectivity index (χ4v) is 2.89. The van der Waals surface area contributed by atoms with Gasteiger partial charge in [0, 0.05) is 25.5 Å². The van der Waals surface area contributed by atoms with E-state index in [2.05, 4.69) is 26.7 Å². The molecule has 26 heavy (non-hydrogen) atoms. The summed E-state index contributed by atoms with van der Waals surface area (Å²) in [5, 5.41) is 5.96. The van der Waals surface area contributed by atoms with Gasteiger partial charge < -0.3 is 10.6 Å². The van der Waals surface area contributed by atoms with Crippen molar-refractivity contribution in [3.8, 4) is 0 Å². The Morgan fingerprint density at radius 1 is 1.12 bits per heavy atom. The first-order chi connectivity index (χ1) is 12.7. The molecule has 0 bridgehead atoms. The highest BCUT2D eigenvalue weighted by atomic mass is 19.1. The summed E-state index contributed by atoms with van der Waals surface area (Å²) in [6, 6.07) is 6.22. The largest absolute Gasteiger partial charge is 0.352 e. The summed E-state index contributed by atoms with van der Waals surface area (Å²) >= 11 is 0. The van der Waals surface area contributed by atoms with E-state index in [1.54, 1.807) is 12.1 Å². The first kappa shape index (κ1) is 18.0. The molecule has 0 spiro atoms. The average molecular weight is 354 g/mol. The third kappa shape index (κ3) is 5.37. The third-order valence-electron chi connectivity index (χ3n) is 4.39. The molecule has 6 heteroatoms. The Balaban J connectivity index is 1.44. The van der Waals surface area contributed by atoms with Gasteiger partial charge in [0.2, 0.25) is 5.95 Å². The van der Waals surface area contributed by atoms with Crippen molar-refractivity contribution in [3.05, 3.63) is 65.3 Å². The topological polar surface area (TPSA) is 66.9 Å². The van der Waals surface area contributed by atoms with Gasteiger partial charge in [0.15, 0.2) is 0 Å². The number of halogens is 1. The lowest BCUT2D eigenvalue weighted by molar-refractivity contribution is 0.0953. The Morgan fingerprint density at radius 2 is 1.88 bits per heavy atom. The average Bonchev–Trinajstić information content (AvgIpc) is 2.69. The first-order valence-corrected chi connectivity index (χ1v) is 8.97. The summed E-state index contributed by atoms with van der Waals surface area (Å²) in [5.74, 6) is 0.00451. The normalized spacial score (nSPS) is 13.8. The third-order valence-corrected chi connectivity index (χ3v) is 4.39. The van der Waals surface area contributed by atoms with Crippen LogP contribution in [0.1, 0.15) is 48.0 Å². The van der Waals surface area contributed by atoms with Crippen LogP contribution in [0.4, 0.5) is 10.3 Å². The highest BCUT2D eigenvalue weighted by Gasteiger charge is 2.08. The molecule has 0 saturated carbocycles. The smallest absolute Gasteiger partial charge is 0.254 e. The Labute approximate surface area is 152 Å². The maximum atomic E-state index is 12.9. The summed E-state index contributed by atoms with van der Waals surface area (Å²) in [7, 11) is 0. The zero-order valence-corrected chi connectivity index (χ0v) is 14.7. The van der Waals surface area contributed by atoms with Gasteiger partial charge in [-0.05, 0) is 49.8 Å². The second kappa shape index (κ2) is 9.08. The van der Waals surface area contributed by atoms with Crippen LogP contribution >= 0.6 is 0 Å². The molecule has 0 radical (unpaired) electrons. The minimum atomic E-state index is -0.264. The number of aromatic nitrogens is 2. The zero-order valence-electron chi connectivity index (χ0n) is 14.7. The minimum Gasteiger partial charge on any atom is -0.352 e. The van der Waals surface area contributed by atoms with E-state index >= 15 is 0 Å². The number of nitrogens with one attached hydrogen (secondary N) is 2. The molecular formula is C20H23FN4O. The molecule has 0 aliphatic heterocycles. The van der Waals surface area contributed by atoms with Gasteiger partial charge in [-0.3, -0.25) is 4.79 Å². The van der Waals surface area contributed by atoms with Crippen molar-refractivity contribution in [2.24, 2.45) is 0 Å². The maximum absolute atomic E-state index is 12.9. The SMILES string of the molecule is O=C(NCCC1=CCCCC1)c1cnc(NCc2ccc(F)cc2)nc1. The van der Waals surface area contributed by atoms with Crippen LogP contribution < -0.4 is 10.6 Å². The van der Waals surface area contributed by atoms with E-state index in [4.69, 9.17) is 0 Å². The van der Waals surface area contributed by atoms with E-state index < -0.39 is 0 Å². The maximum Gasteiger partial charge on any atom is 0.254 e. The highest BCUT2D eigenvalue weighted by Crippen LogP contribution is 2.19. The van der Waals surface area contributed by atoms with E-state index in [0.29, 0.717) is 24.6 Å². The number of rotatable bonds is 7. The number of carbonyl (C=O) groups excluding carboxylic acids is 1. The quantitative estimate of drug-likeness (QED) is 0.741. The lowest BCUT2D eigenvalue weighted by Gasteiger charge is -2.13. The van der Waals surface area contributed by atoms with Gasteiger partial charge in [-0.1, -0.05) is 23.8 Å². The van der Waals surface area contributed by atoms with Crippen molar-refractivity contribution in [1.82, 2.24) is 15.3 Å². The van der Waals surface area contributed by atoms with E-state index in [1.807, 2.05) is 0 Å². The highest BCUT2D eigenvalue weighted by molar-refractivity contribution is 5.93. The van der Waals surface area contributed by atoms with Crippen molar-refractivity contribution in [2.75, 3.05) is 11.9 Å². The minimum absolute atomic E-state index is 0.161. The van der Waals surface area contributed by atoms with E-state index in [-0.39, 0.29) is 11.7 Å². The summed E-state index contributed by atoms with van der Waals surface area (Å²) in [5.41, 5.74) is 2.80. The fraction of sp³-hybridized carbons (Fsp3) is 0.350. The number of anilines is 1. The Hall–Kier alpha value is -2.76. The van der Waals surface area contributed by atoms with Gasteiger partial charge in [-0.25, -0.2) is 14.4 Å². The number of amides is 1. The molecule has 1 amide bonds. The molecule has 1 heterocycles. The zero-order chi connectivity index (χ0) is 18.2.